The van der Waals surface area contributed by atoms with Gasteiger partial charge in [0.15, 0.2) is 5.13 Å². The maximum Gasteiger partial charge on any atom is 0.253 e. The Morgan fingerprint density at radius 3 is 2.69 bits per heavy atom. The summed E-state index contributed by atoms with van der Waals surface area (Å²) in [4.78, 5) is 22.7. The first-order valence-electron chi connectivity index (χ1n) is 11.7. The third-order valence-electron chi connectivity index (χ3n) is 6.48. The molecule has 2 aliphatic heterocycles. The number of hydrogen-bond donors (Lipinski definition) is 0. The van der Waals surface area contributed by atoms with Crippen molar-refractivity contribution in [1.82, 2.24) is 14.2 Å². The maximum atomic E-state index is 14.0. The Morgan fingerprint density at radius 1 is 1.19 bits per heavy atom. The fraction of sp³-hybridized carbons (Fsp3) is 0.478. The van der Waals surface area contributed by atoms with Crippen LogP contribution in [-0.4, -0.2) is 80.5 Å². The smallest absolute Gasteiger partial charge is 0.253 e. The highest BCUT2D eigenvalue weighted by Crippen LogP contribution is 2.36. The third-order valence-corrected chi connectivity index (χ3v) is 11.3. The number of thiophene rings is 1. The topological polar surface area (TPSA) is 83.0 Å². The standard InChI is InChI=1S/C23H26Cl2N4O4S3/c1-15-13-16(24)14-18-21(15)26-23(34-18)28(8-7-27-9-11-33-12-10-27)22(30)17-3-2-6-29(17)36(31,32)20-5-4-19(25)35-20/h4-5,13-14,17H,2-3,6-12H2,1H3. The van der Waals surface area contributed by atoms with Crippen LogP contribution in [0.3, 0.4) is 0 Å². The van der Waals surface area contributed by atoms with Crippen molar-refractivity contribution in [1.29, 1.82) is 0 Å². The number of sulfonamides is 1. The van der Waals surface area contributed by atoms with Crippen LogP contribution >= 0.6 is 45.9 Å². The van der Waals surface area contributed by atoms with Gasteiger partial charge in [0.2, 0.25) is 5.91 Å². The van der Waals surface area contributed by atoms with Gasteiger partial charge in [0.1, 0.15) is 10.3 Å². The minimum absolute atomic E-state index is 0.150. The number of fused-ring (bicyclic) bond motifs is 1. The summed E-state index contributed by atoms with van der Waals surface area (Å²) in [5.41, 5.74) is 1.73. The zero-order chi connectivity index (χ0) is 25.4. The van der Waals surface area contributed by atoms with Crippen LogP contribution < -0.4 is 4.90 Å². The number of morpholine rings is 1. The van der Waals surface area contributed by atoms with E-state index < -0.39 is 16.1 Å². The van der Waals surface area contributed by atoms with Crippen LogP contribution in [0.1, 0.15) is 18.4 Å². The molecular weight excluding hydrogens is 563 g/mol. The number of halogens is 2. The van der Waals surface area contributed by atoms with Gasteiger partial charge in [0, 0.05) is 37.7 Å². The van der Waals surface area contributed by atoms with Gasteiger partial charge in [0.25, 0.3) is 10.0 Å². The van der Waals surface area contributed by atoms with Crippen molar-refractivity contribution >= 4 is 77.2 Å². The monoisotopic (exact) mass is 588 g/mol. The molecule has 1 amide bonds. The zero-order valence-corrected chi connectivity index (χ0v) is 23.6. The summed E-state index contributed by atoms with van der Waals surface area (Å²) in [6, 6.07) is 5.97. The lowest BCUT2D eigenvalue weighted by Gasteiger charge is -2.31. The summed E-state index contributed by atoms with van der Waals surface area (Å²) in [6.45, 7) is 6.18. The average molecular weight is 590 g/mol. The summed E-state index contributed by atoms with van der Waals surface area (Å²) in [5.74, 6) is -0.255. The SMILES string of the molecule is Cc1cc(Cl)cc2sc(N(CCN3CCOCC3)C(=O)C3CCCN3S(=O)(=O)c3ccc(Cl)s3)nc12. The fourth-order valence-corrected chi connectivity index (χ4v) is 9.35. The Balaban J connectivity index is 1.47. The van der Waals surface area contributed by atoms with E-state index in [4.69, 9.17) is 32.9 Å². The van der Waals surface area contributed by atoms with Crippen LogP contribution in [0, 0.1) is 6.92 Å². The molecule has 0 radical (unpaired) electrons. The normalized spacial score (nSPS) is 19.8. The largest absolute Gasteiger partial charge is 0.379 e. The molecule has 4 heterocycles. The van der Waals surface area contributed by atoms with Crippen molar-refractivity contribution in [2.45, 2.75) is 30.0 Å². The van der Waals surface area contributed by atoms with Crippen LogP contribution in [0.25, 0.3) is 10.2 Å². The molecule has 1 unspecified atom stereocenters. The van der Waals surface area contributed by atoms with E-state index in [-0.39, 0.29) is 10.1 Å². The molecular formula is C23H26Cl2N4O4S3. The first-order valence-corrected chi connectivity index (χ1v) is 15.5. The molecule has 3 aromatic rings. The number of thiazole rings is 1. The second-order valence-electron chi connectivity index (χ2n) is 8.84. The zero-order valence-electron chi connectivity index (χ0n) is 19.7. The first kappa shape index (κ1) is 26.3. The molecule has 0 bridgehead atoms. The van der Waals surface area contributed by atoms with Crippen LogP contribution in [-0.2, 0) is 19.6 Å². The number of aromatic nitrogens is 1. The van der Waals surface area contributed by atoms with E-state index in [0.717, 1.165) is 40.2 Å². The Kier molecular flexibility index (Phi) is 7.90. The van der Waals surface area contributed by atoms with Crippen molar-refractivity contribution in [3.63, 3.8) is 0 Å². The molecule has 13 heteroatoms. The molecule has 2 saturated heterocycles. The fourth-order valence-electron chi connectivity index (χ4n) is 4.63. The molecule has 194 valence electrons. The first-order chi connectivity index (χ1) is 17.2. The van der Waals surface area contributed by atoms with Crippen LogP contribution in [0.5, 0.6) is 0 Å². The van der Waals surface area contributed by atoms with Crippen molar-refractivity contribution < 1.29 is 17.9 Å². The molecule has 2 fully saturated rings. The van der Waals surface area contributed by atoms with Gasteiger partial charge in [-0.1, -0.05) is 34.5 Å². The Morgan fingerprint density at radius 2 is 1.97 bits per heavy atom. The highest BCUT2D eigenvalue weighted by molar-refractivity contribution is 7.91. The van der Waals surface area contributed by atoms with E-state index in [2.05, 4.69) is 4.90 Å². The number of aryl methyl sites for hydroxylation is 1. The van der Waals surface area contributed by atoms with E-state index in [1.807, 2.05) is 19.1 Å². The molecule has 0 spiro atoms. The molecule has 0 saturated carbocycles. The maximum absolute atomic E-state index is 14.0. The molecule has 5 rings (SSSR count). The Bertz CT molecular complexity index is 1370. The summed E-state index contributed by atoms with van der Waals surface area (Å²) in [5, 5.41) is 1.17. The summed E-state index contributed by atoms with van der Waals surface area (Å²) >= 11 is 14.7. The predicted molar refractivity (Wildman–Crippen MR) is 145 cm³/mol. The van der Waals surface area contributed by atoms with Crippen molar-refractivity contribution in [3.05, 3.63) is 39.2 Å². The highest BCUT2D eigenvalue weighted by Gasteiger charge is 2.42. The number of hydrogen-bond acceptors (Lipinski definition) is 8. The number of carbonyl (C=O) groups excluding carboxylic acids is 1. The van der Waals surface area contributed by atoms with Gasteiger partial charge >= 0.3 is 0 Å². The Labute approximate surface area is 228 Å². The average Bonchev–Trinajstić information content (AvgIpc) is 3.59. The van der Waals surface area contributed by atoms with Gasteiger partial charge in [-0.25, -0.2) is 13.4 Å². The molecule has 2 aliphatic rings. The molecule has 8 nitrogen and oxygen atoms in total. The molecule has 0 N–H and O–H groups in total. The van der Waals surface area contributed by atoms with Gasteiger partial charge < -0.3 is 4.74 Å². The summed E-state index contributed by atoms with van der Waals surface area (Å²) < 4.78 is 35.0. The van der Waals surface area contributed by atoms with E-state index in [9.17, 15) is 13.2 Å². The van der Waals surface area contributed by atoms with Gasteiger partial charge in [-0.05, 0) is 49.6 Å². The van der Waals surface area contributed by atoms with Crippen LogP contribution in [0.2, 0.25) is 9.36 Å². The molecule has 1 atom stereocenters. The van der Waals surface area contributed by atoms with E-state index >= 15 is 0 Å². The number of benzene rings is 1. The van der Waals surface area contributed by atoms with Crippen LogP contribution in [0.15, 0.2) is 28.5 Å². The lowest BCUT2D eigenvalue weighted by Crippen LogP contribution is -2.50. The molecule has 0 aliphatic carbocycles. The number of carbonyl (C=O) groups is 1. The Hall–Kier alpha value is -1.31. The van der Waals surface area contributed by atoms with E-state index in [0.29, 0.717) is 60.2 Å². The number of rotatable bonds is 7. The minimum Gasteiger partial charge on any atom is -0.379 e. The van der Waals surface area contributed by atoms with Gasteiger partial charge in [-0.3, -0.25) is 14.6 Å². The molecule has 36 heavy (non-hydrogen) atoms. The van der Waals surface area contributed by atoms with Crippen molar-refractivity contribution in [2.24, 2.45) is 0 Å². The van der Waals surface area contributed by atoms with Crippen molar-refractivity contribution in [3.8, 4) is 0 Å². The predicted octanol–water partition coefficient (Wildman–Crippen LogP) is 4.49. The molecule has 1 aromatic carbocycles. The van der Waals surface area contributed by atoms with Gasteiger partial charge in [0.05, 0.1) is 27.8 Å². The van der Waals surface area contributed by atoms with Gasteiger partial charge in [-0.2, -0.15) is 4.31 Å². The van der Waals surface area contributed by atoms with Crippen LogP contribution in [0.4, 0.5) is 5.13 Å². The quantitative estimate of drug-likeness (QED) is 0.404. The number of anilines is 1. The third kappa shape index (κ3) is 5.30. The van der Waals surface area contributed by atoms with Gasteiger partial charge in [-0.15, -0.1) is 11.3 Å². The highest BCUT2D eigenvalue weighted by atomic mass is 35.5. The lowest BCUT2D eigenvalue weighted by atomic mass is 10.2. The number of amides is 1. The summed E-state index contributed by atoms with van der Waals surface area (Å²) in [6.07, 6.45) is 1.07. The van der Waals surface area contributed by atoms with E-state index in [1.165, 1.54) is 21.7 Å². The second kappa shape index (κ2) is 10.8. The van der Waals surface area contributed by atoms with E-state index in [1.54, 1.807) is 11.0 Å². The number of nitrogens with zero attached hydrogens (tertiary/aromatic N) is 4. The second-order valence-corrected chi connectivity index (χ2v) is 14.1. The molecule has 2 aromatic heterocycles. The number of ether oxygens (including phenoxy) is 1. The van der Waals surface area contributed by atoms with Crippen molar-refractivity contribution in [2.75, 3.05) is 50.8 Å². The minimum atomic E-state index is -3.84. The lowest BCUT2D eigenvalue weighted by molar-refractivity contribution is -0.121. The summed E-state index contributed by atoms with van der Waals surface area (Å²) in [7, 11) is -3.84.